The maximum absolute atomic E-state index is 12.4. The summed E-state index contributed by atoms with van der Waals surface area (Å²) >= 11 is 0. The second kappa shape index (κ2) is 5.79. The van der Waals surface area contributed by atoms with Gasteiger partial charge >= 0.3 is 6.03 Å². The maximum atomic E-state index is 12.4. The molecule has 0 spiro atoms. The molecule has 2 heterocycles. The van der Waals surface area contributed by atoms with Crippen molar-refractivity contribution in [3.8, 4) is 0 Å². The van der Waals surface area contributed by atoms with E-state index in [2.05, 4.69) is 12.2 Å². The molecule has 0 atom stereocenters. The Bertz CT molecular complexity index is 588. The van der Waals surface area contributed by atoms with Gasteiger partial charge in [-0.2, -0.15) is 0 Å². The molecule has 0 saturated carbocycles. The van der Waals surface area contributed by atoms with Crippen LogP contribution >= 0.6 is 0 Å². The third-order valence-corrected chi connectivity index (χ3v) is 4.29. The van der Waals surface area contributed by atoms with Crippen molar-refractivity contribution < 1.29 is 14.4 Å². The summed E-state index contributed by atoms with van der Waals surface area (Å²) in [5.74, 6) is 0.399. The van der Waals surface area contributed by atoms with Gasteiger partial charge in [-0.15, -0.1) is 0 Å². The number of rotatable bonds is 2. The lowest BCUT2D eigenvalue weighted by Gasteiger charge is -2.30. The van der Waals surface area contributed by atoms with Crippen LogP contribution in [0.4, 0.5) is 10.5 Å². The first-order valence-corrected chi connectivity index (χ1v) is 7.56. The highest BCUT2D eigenvalue weighted by Crippen LogP contribution is 2.21. The summed E-state index contributed by atoms with van der Waals surface area (Å²) in [6, 6.07) is 6.21. The lowest BCUT2D eigenvalue weighted by molar-refractivity contribution is -0.115. The summed E-state index contributed by atoms with van der Waals surface area (Å²) in [6.45, 7) is 3.80. The van der Waals surface area contributed by atoms with Crippen LogP contribution in [0.25, 0.3) is 0 Å². The summed E-state index contributed by atoms with van der Waals surface area (Å²) in [4.78, 5) is 38.6. The van der Waals surface area contributed by atoms with E-state index in [-0.39, 0.29) is 18.4 Å². The van der Waals surface area contributed by atoms with E-state index in [4.69, 9.17) is 0 Å². The van der Waals surface area contributed by atoms with Crippen LogP contribution in [0.3, 0.4) is 0 Å². The molecule has 116 valence electrons. The number of hydrogen-bond donors (Lipinski definition) is 1. The number of benzene rings is 1. The minimum absolute atomic E-state index is 0.00986. The monoisotopic (exact) mass is 301 g/mol. The number of imide groups is 1. The standard InChI is InChI=1S/C16H19N3O3/c1-11-6-8-18(9-7-11)15(21)12-2-4-13(5-3-12)19-14(20)10-17-16(19)22/h2-5,11H,6-10H2,1H3,(H,17,22). The number of urea groups is 1. The van der Waals surface area contributed by atoms with Crippen LogP contribution in [0.1, 0.15) is 30.1 Å². The first-order valence-electron chi connectivity index (χ1n) is 7.56. The summed E-state index contributed by atoms with van der Waals surface area (Å²) in [6.07, 6.45) is 2.07. The Morgan fingerprint density at radius 2 is 1.77 bits per heavy atom. The fourth-order valence-electron chi connectivity index (χ4n) is 2.83. The maximum Gasteiger partial charge on any atom is 0.329 e. The number of hydrogen-bond acceptors (Lipinski definition) is 3. The molecule has 2 fully saturated rings. The quantitative estimate of drug-likeness (QED) is 0.844. The van der Waals surface area contributed by atoms with Gasteiger partial charge < -0.3 is 10.2 Å². The van der Waals surface area contributed by atoms with E-state index in [9.17, 15) is 14.4 Å². The van der Waals surface area contributed by atoms with Crippen LogP contribution in [0.15, 0.2) is 24.3 Å². The highest BCUT2D eigenvalue weighted by molar-refractivity contribution is 6.19. The molecule has 0 bridgehead atoms. The second-order valence-electron chi connectivity index (χ2n) is 5.91. The fourth-order valence-corrected chi connectivity index (χ4v) is 2.83. The van der Waals surface area contributed by atoms with Gasteiger partial charge in [0, 0.05) is 18.7 Å². The van der Waals surface area contributed by atoms with Crippen LogP contribution in [-0.2, 0) is 4.79 Å². The Labute approximate surface area is 129 Å². The number of carbonyl (C=O) groups excluding carboxylic acids is 3. The largest absolute Gasteiger partial charge is 0.339 e. The van der Waals surface area contributed by atoms with Crippen molar-refractivity contribution in [2.24, 2.45) is 5.92 Å². The second-order valence-corrected chi connectivity index (χ2v) is 5.91. The van der Waals surface area contributed by atoms with Crippen molar-refractivity contribution in [2.75, 3.05) is 24.5 Å². The third kappa shape index (κ3) is 2.68. The Morgan fingerprint density at radius 1 is 1.14 bits per heavy atom. The zero-order valence-corrected chi connectivity index (χ0v) is 12.5. The highest BCUT2D eigenvalue weighted by atomic mass is 16.2. The van der Waals surface area contributed by atoms with Crippen molar-refractivity contribution >= 4 is 23.5 Å². The smallest absolute Gasteiger partial charge is 0.329 e. The average Bonchev–Trinajstić information content (AvgIpc) is 2.86. The molecule has 0 aliphatic carbocycles. The van der Waals surface area contributed by atoms with Crippen molar-refractivity contribution in [2.45, 2.75) is 19.8 Å². The van der Waals surface area contributed by atoms with Gasteiger partial charge in [0.1, 0.15) is 0 Å². The van der Waals surface area contributed by atoms with Gasteiger partial charge in [-0.05, 0) is 43.0 Å². The van der Waals surface area contributed by atoms with Crippen molar-refractivity contribution in [1.29, 1.82) is 0 Å². The van der Waals surface area contributed by atoms with Gasteiger partial charge in [-0.1, -0.05) is 6.92 Å². The summed E-state index contributed by atoms with van der Waals surface area (Å²) in [5, 5.41) is 2.47. The summed E-state index contributed by atoms with van der Waals surface area (Å²) in [7, 11) is 0. The Kier molecular flexibility index (Phi) is 3.83. The molecular weight excluding hydrogens is 282 g/mol. The number of likely N-dealkylation sites (tertiary alicyclic amines) is 1. The normalized spacial score (nSPS) is 19.5. The molecule has 22 heavy (non-hydrogen) atoms. The molecule has 6 heteroatoms. The number of amides is 4. The van der Waals surface area contributed by atoms with Gasteiger partial charge in [0.25, 0.3) is 11.8 Å². The minimum atomic E-state index is -0.422. The van der Waals surface area contributed by atoms with E-state index in [1.54, 1.807) is 24.3 Å². The molecule has 4 amide bonds. The van der Waals surface area contributed by atoms with Crippen LogP contribution in [0.5, 0.6) is 0 Å². The molecule has 1 aromatic rings. The minimum Gasteiger partial charge on any atom is -0.339 e. The van der Waals surface area contributed by atoms with E-state index in [1.165, 1.54) is 0 Å². The Hall–Kier alpha value is -2.37. The first-order chi connectivity index (χ1) is 10.6. The number of nitrogens with one attached hydrogen (secondary N) is 1. The predicted octanol–water partition coefficient (Wildman–Crippen LogP) is 1.61. The van der Waals surface area contributed by atoms with Gasteiger partial charge in [0.05, 0.1) is 12.2 Å². The zero-order chi connectivity index (χ0) is 15.7. The van der Waals surface area contributed by atoms with Crippen LogP contribution < -0.4 is 10.2 Å². The molecule has 2 aliphatic heterocycles. The molecule has 0 unspecified atom stereocenters. The van der Waals surface area contributed by atoms with E-state index in [1.807, 2.05) is 4.90 Å². The number of nitrogens with zero attached hydrogens (tertiary/aromatic N) is 2. The van der Waals surface area contributed by atoms with E-state index >= 15 is 0 Å². The van der Waals surface area contributed by atoms with Gasteiger partial charge in [0.15, 0.2) is 0 Å². The number of piperidine rings is 1. The Balaban J connectivity index is 1.72. The van der Waals surface area contributed by atoms with Crippen LogP contribution in [0.2, 0.25) is 0 Å². The SMILES string of the molecule is CC1CCN(C(=O)c2ccc(N3C(=O)CNC3=O)cc2)CC1. The molecule has 2 saturated heterocycles. The van der Waals surface area contributed by atoms with Crippen molar-refractivity contribution in [3.63, 3.8) is 0 Å². The van der Waals surface area contributed by atoms with E-state index in [0.29, 0.717) is 17.2 Å². The van der Waals surface area contributed by atoms with Crippen LogP contribution in [-0.4, -0.2) is 42.4 Å². The van der Waals surface area contributed by atoms with Crippen LogP contribution in [0, 0.1) is 5.92 Å². The number of anilines is 1. The summed E-state index contributed by atoms with van der Waals surface area (Å²) < 4.78 is 0. The lowest BCUT2D eigenvalue weighted by Crippen LogP contribution is -2.38. The third-order valence-electron chi connectivity index (χ3n) is 4.29. The first kappa shape index (κ1) is 14.6. The van der Waals surface area contributed by atoms with Gasteiger partial charge in [0.2, 0.25) is 0 Å². The van der Waals surface area contributed by atoms with E-state index < -0.39 is 6.03 Å². The fraction of sp³-hybridized carbons (Fsp3) is 0.438. The Morgan fingerprint density at radius 3 is 2.32 bits per heavy atom. The van der Waals surface area contributed by atoms with Crippen molar-refractivity contribution in [3.05, 3.63) is 29.8 Å². The molecule has 6 nitrogen and oxygen atoms in total. The molecular formula is C16H19N3O3. The van der Waals surface area contributed by atoms with E-state index in [0.717, 1.165) is 30.8 Å². The average molecular weight is 301 g/mol. The number of carbonyl (C=O) groups is 3. The molecule has 0 radical (unpaired) electrons. The molecule has 2 aliphatic rings. The van der Waals surface area contributed by atoms with Gasteiger partial charge in [-0.3, -0.25) is 9.59 Å². The van der Waals surface area contributed by atoms with Gasteiger partial charge in [-0.25, -0.2) is 9.69 Å². The molecule has 1 aromatic carbocycles. The van der Waals surface area contributed by atoms with Crippen molar-refractivity contribution in [1.82, 2.24) is 10.2 Å². The predicted molar refractivity (Wildman–Crippen MR) is 81.6 cm³/mol. The molecule has 1 N–H and O–H groups in total. The topological polar surface area (TPSA) is 69.7 Å². The lowest BCUT2D eigenvalue weighted by atomic mass is 9.98. The highest BCUT2D eigenvalue weighted by Gasteiger charge is 2.30. The molecule has 0 aromatic heterocycles. The summed E-state index contributed by atoms with van der Waals surface area (Å²) in [5.41, 5.74) is 1.08. The zero-order valence-electron chi connectivity index (χ0n) is 12.5. The molecule has 3 rings (SSSR count).